The maximum atomic E-state index is 12.2. The van der Waals surface area contributed by atoms with E-state index in [2.05, 4.69) is 26.3 Å². The second-order valence-electron chi connectivity index (χ2n) is 6.91. The highest BCUT2D eigenvalue weighted by atomic mass is 16.1. The van der Waals surface area contributed by atoms with Crippen molar-refractivity contribution < 1.29 is 0 Å². The molecule has 0 unspecified atom stereocenters. The summed E-state index contributed by atoms with van der Waals surface area (Å²) in [4.78, 5) is 19.0. The number of aromatic nitrogens is 6. The molecule has 1 fully saturated rings. The average Bonchev–Trinajstić information content (AvgIpc) is 3.31. The van der Waals surface area contributed by atoms with Crippen LogP contribution in [0.5, 0.6) is 0 Å². The molecule has 1 aliphatic rings. The lowest BCUT2D eigenvalue weighted by Gasteiger charge is -2.31. The van der Waals surface area contributed by atoms with Crippen molar-refractivity contribution >= 4 is 0 Å². The average molecular weight is 353 g/mol. The molecule has 3 aromatic rings. The van der Waals surface area contributed by atoms with Gasteiger partial charge in [0, 0.05) is 44.8 Å². The predicted octanol–water partition coefficient (Wildman–Crippen LogP) is 1.07. The van der Waals surface area contributed by atoms with Gasteiger partial charge in [-0.15, -0.1) is 5.10 Å². The highest BCUT2D eigenvalue weighted by Crippen LogP contribution is 2.19. The molecule has 0 aliphatic carbocycles. The van der Waals surface area contributed by atoms with Crippen LogP contribution in [0.25, 0.3) is 5.82 Å². The summed E-state index contributed by atoms with van der Waals surface area (Å²) in [6.07, 6.45) is 9.56. The lowest BCUT2D eigenvalue weighted by molar-refractivity contribution is 0.162. The van der Waals surface area contributed by atoms with Gasteiger partial charge < -0.3 is 4.57 Å². The number of piperidine rings is 1. The van der Waals surface area contributed by atoms with Gasteiger partial charge in [0.1, 0.15) is 0 Å². The molecule has 4 rings (SSSR count). The summed E-state index contributed by atoms with van der Waals surface area (Å²) >= 11 is 0. The SMILES string of the molecule is Cn1cnc(CN2CCC(Cn3nc(-n4cccn4)ccc3=O)CC2)c1. The smallest absolute Gasteiger partial charge is 0.266 e. The molecule has 0 bridgehead atoms. The van der Waals surface area contributed by atoms with E-state index in [1.807, 2.05) is 30.2 Å². The first-order valence-corrected chi connectivity index (χ1v) is 8.95. The van der Waals surface area contributed by atoms with Crippen LogP contribution in [0, 0.1) is 5.92 Å². The fraction of sp³-hybridized carbons (Fsp3) is 0.444. The molecule has 1 aliphatic heterocycles. The van der Waals surface area contributed by atoms with Gasteiger partial charge in [0.2, 0.25) is 0 Å². The van der Waals surface area contributed by atoms with Crippen LogP contribution >= 0.6 is 0 Å². The van der Waals surface area contributed by atoms with Gasteiger partial charge in [-0.2, -0.15) is 5.10 Å². The first-order valence-electron chi connectivity index (χ1n) is 8.95. The Hall–Kier alpha value is -2.74. The number of aryl methyl sites for hydroxylation is 1. The normalized spacial score (nSPS) is 16.2. The van der Waals surface area contributed by atoms with Crippen LogP contribution in [0.2, 0.25) is 0 Å². The number of hydrogen-bond acceptors (Lipinski definition) is 5. The van der Waals surface area contributed by atoms with Crippen molar-refractivity contribution in [3.05, 3.63) is 59.2 Å². The summed E-state index contributed by atoms with van der Waals surface area (Å²) in [5.74, 6) is 1.13. The van der Waals surface area contributed by atoms with E-state index in [9.17, 15) is 4.79 Å². The molecule has 136 valence electrons. The number of imidazole rings is 1. The zero-order valence-corrected chi connectivity index (χ0v) is 14.9. The maximum absolute atomic E-state index is 12.2. The minimum Gasteiger partial charge on any atom is -0.340 e. The Bertz CT molecular complexity index is 904. The third-order valence-electron chi connectivity index (χ3n) is 4.87. The van der Waals surface area contributed by atoms with Gasteiger partial charge in [0.25, 0.3) is 5.56 Å². The summed E-state index contributed by atoms with van der Waals surface area (Å²) in [6, 6.07) is 5.12. The molecule has 8 heteroatoms. The number of likely N-dealkylation sites (tertiary alicyclic amines) is 1. The lowest BCUT2D eigenvalue weighted by Crippen LogP contribution is -2.36. The first kappa shape index (κ1) is 16.7. The molecular weight excluding hydrogens is 330 g/mol. The van der Waals surface area contributed by atoms with Crippen molar-refractivity contribution in [2.45, 2.75) is 25.9 Å². The molecule has 0 radical (unpaired) electrons. The Morgan fingerprint density at radius 3 is 2.77 bits per heavy atom. The molecule has 4 heterocycles. The largest absolute Gasteiger partial charge is 0.340 e. The monoisotopic (exact) mass is 353 g/mol. The molecule has 0 spiro atoms. The van der Waals surface area contributed by atoms with E-state index in [0.717, 1.165) is 38.2 Å². The molecular formula is C18H23N7O. The summed E-state index contributed by atoms with van der Waals surface area (Å²) in [5, 5.41) is 8.66. The highest BCUT2D eigenvalue weighted by molar-refractivity contribution is 5.17. The minimum absolute atomic E-state index is 0.0585. The molecule has 0 N–H and O–H groups in total. The van der Waals surface area contributed by atoms with Crippen molar-refractivity contribution in [3.63, 3.8) is 0 Å². The van der Waals surface area contributed by atoms with Crippen LogP contribution in [0.4, 0.5) is 0 Å². The number of hydrogen-bond donors (Lipinski definition) is 0. The summed E-state index contributed by atoms with van der Waals surface area (Å²) in [7, 11) is 1.99. The minimum atomic E-state index is -0.0585. The quantitative estimate of drug-likeness (QED) is 0.686. The summed E-state index contributed by atoms with van der Waals surface area (Å²) in [6.45, 7) is 3.59. The maximum Gasteiger partial charge on any atom is 0.266 e. The van der Waals surface area contributed by atoms with Gasteiger partial charge in [-0.05, 0) is 44.0 Å². The first-order chi connectivity index (χ1) is 12.7. The topological polar surface area (TPSA) is 73.8 Å². The van der Waals surface area contributed by atoms with E-state index in [0.29, 0.717) is 18.3 Å². The standard InChI is InChI=1S/C18H23N7O/c1-22-12-16(19-14-22)13-23-9-5-15(6-10-23)11-25-18(26)4-3-17(21-25)24-8-2-7-20-24/h2-4,7-8,12,14-15H,5-6,9-11,13H2,1H3. The fourth-order valence-electron chi connectivity index (χ4n) is 3.44. The highest BCUT2D eigenvalue weighted by Gasteiger charge is 2.21. The molecule has 0 amide bonds. The van der Waals surface area contributed by atoms with E-state index < -0.39 is 0 Å². The van der Waals surface area contributed by atoms with Crippen LogP contribution in [-0.2, 0) is 20.1 Å². The van der Waals surface area contributed by atoms with Crippen LogP contribution < -0.4 is 5.56 Å². The number of nitrogens with zero attached hydrogens (tertiary/aromatic N) is 7. The molecule has 3 aromatic heterocycles. The molecule has 1 saturated heterocycles. The molecule has 26 heavy (non-hydrogen) atoms. The lowest BCUT2D eigenvalue weighted by atomic mass is 9.97. The fourth-order valence-corrected chi connectivity index (χ4v) is 3.44. The van der Waals surface area contributed by atoms with E-state index in [1.165, 1.54) is 0 Å². The van der Waals surface area contributed by atoms with Crippen LogP contribution in [0.3, 0.4) is 0 Å². The Kier molecular flexibility index (Phi) is 4.66. The van der Waals surface area contributed by atoms with E-state index in [-0.39, 0.29) is 5.56 Å². The van der Waals surface area contributed by atoms with Crippen molar-refractivity contribution in [2.24, 2.45) is 13.0 Å². The second-order valence-corrected chi connectivity index (χ2v) is 6.91. The number of rotatable bonds is 5. The Morgan fingerprint density at radius 2 is 2.08 bits per heavy atom. The van der Waals surface area contributed by atoms with Crippen LogP contribution in [0.1, 0.15) is 18.5 Å². The molecule has 0 saturated carbocycles. The zero-order valence-electron chi connectivity index (χ0n) is 14.9. The van der Waals surface area contributed by atoms with E-state index >= 15 is 0 Å². The predicted molar refractivity (Wildman–Crippen MR) is 96.8 cm³/mol. The van der Waals surface area contributed by atoms with Gasteiger partial charge in [-0.25, -0.2) is 14.3 Å². The molecule has 0 atom stereocenters. The van der Waals surface area contributed by atoms with E-state index in [1.54, 1.807) is 27.7 Å². The Balaban J connectivity index is 1.37. The Labute approximate surface area is 151 Å². The van der Waals surface area contributed by atoms with Gasteiger partial charge in [-0.1, -0.05) is 0 Å². The zero-order chi connectivity index (χ0) is 17.9. The molecule has 0 aromatic carbocycles. The molecule has 8 nitrogen and oxygen atoms in total. The van der Waals surface area contributed by atoms with Crippen molar-refractivity contribution in [1.29, 1.82) is 0 Å². The van der Waals surface area contributed by atoms with Crippen molar-refractivity contribution in [1.82, 2.24) is 34.0 Å². The van der Waals surface area contributed by atoms with Crippen molar-refractivity contribution in [2.75, 3.05) is 13.1 Å². The van der Waals surface area contributed by atoms with E-state index in [4.69, 9.17) is 0 Å². The van der Waals surface area contributed by atoms with Crippen LogP contribution in [0.15, 0.2) is 47.9 Å². The van der Waals surface area contributed by atoms with Crippen LogP contribution in [-0.4, -0.2) is 47.1 Å². The van der Waals surface area contributed by atoms with Gasteiger partial charge in [-0.3, -0.25) is 9.69 Å². The van der Waals surface area contributed by atoms with Crippen molar-refractivity contribution in [3.8, 4) is 5.82 Å². The summed E-state index contributed by atoms with van der Waals surface area (Å²) < 4.78 is 5.23. The van der Waals surface area contributed by atoms with Gasteiger partial charge >= 0.3 is 0 Å². The third-order valence-corrected chi connectivity index (χ3v) is 4.87. The third kappa shape index (κ3) is 3.75. The Morgan fingerprint density at radius 1 is 1.23 bits per heavy atom. The van der Waals surface area contributed by atoms with Gasteiger partial charge in [0.05, 0.1) is 12.0 Å². The van der Waals surface area contributed by atoms with Gasteiger partial charge in [0.15, 0.2) is 5.82 Å². The second kappa shape index (κ2) is 7.25. The summed E-state index contributed by atoms with van der Waals surface area (Å²) in [5.41, 5.74) is 1.05.